The van der Waals surface area contributed by atoms with E-state index < -0.39 is 0 Å². The van der Waals surface area contributed by atoms with Gasteiger partial charge in [-0.15, -0.1) is 0 Å². The first-order valence-corrected chi connectivity index (χ1v) is 5.18. The normalized spacial score (nSPS) is 19.0. The van der Waals surface area contributed by atoms with Crippen LogP contribution in [-0.4, -0.2) is 20.2 Å². The number of halogens is 1. The number of rotatable bonds is 3. The van der Waals surface area contributed by atoms with Crippen molar-refractivity contribution in [1.82, 2.24) is 5.32 Å². The lowest BCUT2D eigenvalue weighted by Gasteiger charge is -2.34. The summed E-state index contributed by atoms with van der Waals surface area (Å²) >= 11 is 5.83. The standard InChI is InChI=1S/C11H14ClNO/c1-14-11(9-6-13-7-9)8-2-4-10(12)5-3-8/h2-5,9,11,13H,6-7H2,1H3/t11-/m1/s1. The molecule has 0 unspecified atom stereocenters. The fraction of sp³-hybridized carbons (Fsp3) is 0.455. The number of nitrogens with one attached hydrogen (secondary N) is 1. The Morgan fingerprint density at radius 2 is 2.00 bits per heavy atom. The van der Waals surface area contributed by atoms with Crippen molar-refractivity contribution >= 4 is 11.6 Å². The van der Waals surface area contributed by atoms with Crippen LogP contribution in [0.5, 0.6) is 0 Å². The molecule has 2 rings (SSSR count). The molecule has 14 heavy (non-hydrogen) atoms. The first kappa shape index (κ1) is 9.97. The molecular formula is C11H14ClNO. The van der Waals surface area contributed by atoms with Gasteiger partial charge < -0.3 is 10.1 Å². The molecule has 0 saturated carbocycles. The molecule has 1 N–H and O–H groups in total. The molecule has 2 nitrogen and oxygen atoms in total. The van der Waals surface area contributed by atoms with Crippen molar-refractivity contribution in [2.24, 2.45) is 5.92 Å². The summed E-state index contributed by atoms with van der Waals surface area (Å²) < 4.78 is 5.50. The average molecular weight is 212 g/mol. The Morgan fingerprint density at radius 1 is 1.36 bits per heavy atom. The molecule has 0 aromatic heterocycles. The molecule has 1 aromatic rings. The van der Waals surface area contributed by atoms with Crippen LogP contribution in [0.3, 0.4) is 0 Å². The Labute approximate surface area is 89.2 Å². The zero-order valence-electron chi connectivity index (χ0n) is 8.16. The van der Waals surface area contributed by atoms with Crippen LogP contribution in [0.15, 0.2) is 24.3 Å². The van der Waals surface area contributed by atoms with Gasteiger partial charge in [0.25, 0.3) is 0 Å². The lowest BCUT2D eigenvalue weighted by Crippen LogP contribution is -2.45. The van der Waals surface area contributed by atoms with E-state index in [1.54, 1.807) is 7.11 Å². The molecule has 1 aliphatic heterocycles. The average Bonchev–Trinajstić information content (AvgIpc) is 2.13. The van der Waals surface area contributed by atoms with E-state index in [9.17, 15) is 0 Å². The molecule has 3 heteroatoms. The number of methoxy groups -OCH3 is 1. The van der Waals surface area contributed by atoms with Crippen LogP contribution in [0.4, 0.5) is 0 Å². The first-order valence-electron chi connectivity index (χ1n) is 4.80. The minimum absolute atomic E-state index is 0.202. The van der Waals surface area contributed by atoms with E-state index in [0.717, 1.165) is 18.1 Å². The third kappa shape index (κ3) is 1.92. The second kappa shape index (κ2) is 4.30. The van der Waals surface area contributed by atoms with Crippen molar-refractivity contribution in [2.45, 2.75) is 6.10 Å². The molecule has 0 spiro atoms. The molecule has 1 saturated heterocycles. The van der Waals surface area contributed by atoms with Gasteiger partial charge in [-0.2, -0.15) is 0 Å². The topological polar surface area (TPSA) is 21.3 Å². The quantitative estimate of drug-likeness (QED) is 0.828. The van der Waals surface area contributed by atoms with Crippen molar-refractivity contribution in [3.8, 4) is 0 Å². The van der Waals surface area contributed by atoms with Crippen LogP contribution in [0.1, 0.15) is 11.7 Å². The van der Waals surface area contributed by atoms with Crippen LogP contribution in [-0.2, 0) is 4.74 Å². The maximum absolute atomic E-state index is 5.83. The molecule has 1 aromatic carbocycles. The van der Waals surface area contributed by atoms with E-state index >= 15 is 0 Å². The monoisotopic (exact) mass is 211 g/mol. The van der Waals surface area contributed by atoms with Gasteiger partial charge in [-0.1, -0.05) is 23.7 Å². The van der Waals surface area contributed by atoms with E-state index in [4.69, 9.17) is 16.3 Å². The number of benzene rings is 1. The fourth-order valence-corrected chi connectivity index (χ4v) is 1.90. The number of hydrogen-bond donors (Lipinski definition) is 1. The Hall–Kier alpha value is -0.570. The second-order valence-electron chi connectivity index (χ2n) is 3.63. The van der Waals surface area contributed by atoms with E-state index in [1.165, 1.54) is 5.56 Å². The largest absolute Gasteiger partial charge is 0.376 e. The highest BCUT2D eigenvalue weighted by Gasteiger charge is 2.27. The third-order valence-corrected chi connectivity index (χ3v) is 2.95. The van der Waals surface area contributed by atoms with E-state index in [1.807, 2.05) is 24.3 Å². The van der Waals surface area contributed by atoms with Crippen molar-refractivity contribution in [1.29, 1.82) is 0 Å². The van der Waals surface area contributed by atoms with Gasteiger partial charge in [0.2, 0.25) is 0 Å². The molecular weight excluding hydrogens is 198 g/mol. The maximum Gasteiger partial charge on any atom is 0.0873 e. The molecule has 1 fully saturated rings. The molecule has 1 aliphatic rings. The van der Waals surface area contributed by atoms with Gasteiger partial charge in [-0.25, -0.2) is 0 Å². The Balaban J connectivity index is 2.14. The van der Waals surface area contributed by atoms with Gasteiger partial charge in [0, 0.05) is 31.1 Å². The summed E-state index contributed by atoms with van der Waals surface area (Å²) in [6.45, 7) is 2.09. The van der Waals surface area contributed by atoms with Crippen LogP contribution in [0, 0.1) is 5.92 Å². The van der Waals surface area contributed by atoms with Gasteiger partial charge in [0.1, 0.15) is 0 Å². The predicted molar refractivity (Wildman–Crippen MR) is 57.6 cm³/mol. The highest BCUT2D eigenvalue weighted by Crippen LogP contribution is 2.28. The molecule has 0 aliphatic carbocycles. The van der Waals surface area contributed by atoms with Crippen molar-refractivity contribution < 1.29 is 4.74 Å². The first-order chi connectivity index (χ1) is 6.81. The Kier molecular flexibility index (Phi) is 3.06. The van der Waals surface area contributed by atoms with Crippen molar-refractivity contribution in [3.05, 3.63) is 34.9 Å². The van der Waals surface area contributed by atoms with Gasteiger partial charge in [0.05, 0.1) is 6.10 Å². The van der Waals surface area contributed by atoms with E-state index in [-0.39, 0.29) is 6.10 Å². The van der Waals surface area contributed by atoms with Crippen LogP contribution >= 0.6 is 11.6 Å². The van der Waals surface area contributed by atoms with Gasteiger partial charge in [-0.3, -0.25) is 0 Å². The predicted octanol–water partition coefficient (Wildman–Crippen LogP) is 2.25. The highest BCUT2D eigenvalue weighted by molar-refractivity contribution is 6.30. The summed E-state index contributed by atoms with van der Waals surface area (Å²) in [4.78, 5) is 0. The van der Waals surface area contributed by atoms with E-state index in [2.05, 4.69) is 5.32 Å². The summed E-state index contributed by atoms with van der Waals surface area (Å²) in [5.41, 5.74) is 1.21. The van der Waals surface area contributed by atoms with Gasteiger partial charge in [-0.05, 0) is 17.7 Å². The molecule has 76 valence electrons. The zero-order chi connectivity index (χ0) is 9.97. The van der Waals surface area contributed by atoms with Crippen molar-refractivity contribution in [2.75, 3.05) is 20.2 Å². The molecule has 0 amide bonds. The fourth-order valence-electron chi connectivity index (χ4n) is 1.78. The minimum Gasteiger partial charge on any atom is -0.376 e. The minimum atomic E-state index is 0.202. The Bertz CT molecular complexity index is 295. The summed E-state index contributed by atoms with van der Waals surface area (Å²) in [5, 5.41) is 4.02. The second-order valence-corrected chi connectivity index (χ2v) is 4.06. The molecule has 1 atom stereocenters. The maximum atomic E-state index is 5.83. The molecule has 0 radical (unpaired) electrons. The van der Waals surface area contributed by atoms with Crippen molar-refractivity contribution in [3.63, 3.8) is 0 Å². The Morgan fingerprint density at radius 3 is 2.43 bits per heavy atom. The molecule has 1 heterocycles. The van der Waals surface area contributed by atoms with Crippen LogP contribution < -0.4 is 5.32 Å². The smallest absolute Gasteiger partial charge is 0.0873 e. The lowest BCUT2D eigenvalue weighted by molar-refractivity contribution is 0.0292. The summed E-state index contributed by atoms with van der Waals surface area (Å²) in [6.07, 6.45) is 0.202. The summed E-state index contributed by atoms with van der Waals surface area (Å²) in [6, 6.07) is 7.90. The SMILES string of the molecule is CO[C@H](c1ccc(Cl)cc1)C1CNC1. The van der Waals surface area contributed by atoms with Gasteiger partial charge >= 0.3 is 0 Å². The van der Waals surface area contributed by atoms with Crippen LogP contribution in [0.25, 0.3) is 0 Å². The number of hydrogen-bond acceptors (Lipinski definition) is 2. The zero-order valence-corrected chi connectivity index (χ0v) is 8.92. The van der Waals surface area contributed by atoms with Crippen LogP contribution in [0.2, 0.25) is 5.02 Å². The molecule has 0 bridgehead atoms. The third-order valence-electron chi connectivity index (χ3n) is 2.69. The highest BCUT2D eigenvalue weighted by atomic mass is 35.5. The van der Waals surface area contributed by atoms with Gasteiger partial charge in [0.15, 0.2) is 0 Å². The van der Waals surface area contributed by atoms with E-state index in [0.29, 0.717) is 5.92 Å². The summed E-state index contributed by atoms with van der Waals surface area (Å²) in [7, 11) is 1.76. The number of ether oxygens (including phenoxy) is 1. The summed E-state index contributed by atoms with van der Waals surface area (Å²) in [5.74, 6) is 0.598. The lowest BCUT2D eigenvalue weighted by atomic mass is 9.91.